The third-order valence-corrected chi connectivity index (χ3v) is 5.31. The van der Waals surface area contributed by atoms with Crippen molar-refractivity contribution in [3.05, 3.63) is 64.5 Å². The number of nitrogens with zero attached hydrogens (tertiary/aromatic N) is 2. The average Bonchev–Trinajstić information content (AvgIpc) is 3.00. The Bertz CT molecular complexity index is 1060. The van der Waals surface area contributed by atoms with Crippen molar-refractivity contribution < 1.29 is 21.6 Å². The largest absolute Gasteiger partial charge is 0.282 e. The molecule has 0 unspecified atom stereocenters. The van der Waals surface area contributed by atoms with Gasteiger partial charge in [0.15, 0.2) is 9.84 Å². The predicted molar refractivity (Wildman–Crippen MR) is 94.7 cm³/mol. The fourth-order valence-corrected chi connectivity index (χ4v) is 3.44. The minimum Gasteiger partial charge on any atom is -0.233 e. The van der Waals surface area contributed by atoms with Gasteiger partial charge in [0, 0.05) is 16.3 Å². The zero-order valence-electron chi connectivity index (χ0n) is 13.3. The number of alkyl halides is 2. The molecule has 4 nitrogen and oxygen atoms in total. The molecule has 3 aromatic rings. The van der Waals surface area contributed by atoms with E-state index in [0.29, 0.717) is 5.69 Å². The molecule has 0 saturated carbocycles. The number of aromatic nitrogens is 2. The Labute approximate surface area is 156 Å². The van der Waals surface area contributed by atoms with Gasteiger partial charge >= 0.3 is 0 Å². The summed E-state index contributed by atoms with van der Waals surface area (Å²) in [6.07, 6.45) is -1.91. The minimum atomic E-state index is -3.73. The summed E-state index contributed by atoms with van der Waals surface area (Å²) >= 11 is 3.29. The van der Waals surface area contributed by atoms with E-state index in [0.717, 1.165) is 28.9 Å². The Morgan fingerprint density at radius 3 is 2.27 bits per heavy atom. The molecule has 1 aromatic heterocycles. The summed E-state index contributed by atoms with van der Waals surface area (Å²) in [6.45, 7) is 0. The molecule has 0 bridgehead atoms. The van der Waals surface area contributed by atoms with E-state index < -0.39 is 32.7 Å². The Morgan fingerprint density at radius 1 is 1.08 bits per heavy atom. The summed E-state index contributed by atoms with van der Waals surface area (Å²) < 4.78 is 65.6. The van der Waals surface area contributed by atoms with Crippen LogP contribution in [0.25, 0.3) is 16.9 Å². The van der Waals surface area contributed by atoms with E-state index in [1.165, 1.54) is 10.7 Å². The fraction of sp³-hybridized carbons (Fsp3) is 0.118. The second-order valence-electron chi connectivity index (χ2n) is 5.56. The molecule has 26 heavy (non-hydrogen) atoms. The molecule has 0 aliphatic heterocycles. The van der Waals surface area contributed by atoms with Crippen molar-refractivity contribution in [2.24, 2.45) is 0 Å². The van der Waals surface area contributed by atoms with Gasteiger partial charge in [-0.1, -0.05) is 22.0 Å². The normalized spacial score (nSPS) is 11.9. The number of hydrogen-bond acceptors (Lipinski definition) is 3. The van der Waals surface area contributed by atoms with Gasteiger partial charge in [0.2, 0.25) is 0 Å². The van der Waals surface area contributed by atoms with Crippen LogP contribution in [0.1, 0.15) is 12.1 Å². The Hall–Kier alpha value is -2.13. The molecule has 9 heteroatoms. The van der Waals surface area contributed by atoms with Gasteiger partial charge < -0.3 is 0 Å². The van der Waals surface area contributed by atoms with Gasteiger partial charge in [-0.3, -0.25) is 0 Å². The predicted octanol–water partition coefficient (Wildman–Crippen LogP) is 4.78. The van der Waals surface area contributed by atoms with Gasteiger partial charge in [-0.15, -0.1) is 0 Å². The highest BCUT2D eigenvalue weighted by Gasteiger charge is 2.20. The van der Waals surface area contributed by atoms with Crippen LogP contribution in [0.4, 0.5) is 13.2 Å². The maximum atomic E-state index is 14.2. The molecule has 3 rings (SSSR count). The fourth-order valence-electron chi connectivity index (χ4n) is 2.45. The summed E-state index contributed by atoms with van der Waals surface area (Å²) in [5.41, 5.74) is 0.497. The van der Waals surface area contributed by atoms with Crippen LogP contribution in [0.15, 0.2) is 57.9 Å². The van der Waals surface area contributed by atoms with Crippen molar-refractivity contribution >= 4 is 25.8 Å². The zero-order chi connectivity index (χ0) is 19.1. The van der Waals surface area contributed by atoms with Crippen LogP contribution in [0, 0.1) is 5.82 Å². The van der Waals surface area contributed by atoms with Gasteiger partial charge in [0.1, 0.15) is 16.4 Å². The molecule has 0 saturated heterocycles. The van der Waals surface area contributed by atoms with Crippen molar-refractivity contribution in [1.82, 2.24) is 9.78 Å². The second kappa shape index (κ2) is 6.88. The highest BCUT2D eigenvalue weighted by atomic mass is 79.9. The van der Waals surface area contributed by atoms with Crippen LogP contribution < -0.4 is 0 Å². The second-order valence-corrected chi connectivity index (χ2v) is 8.46. The number of halogens is 4. The van der Waals surface area contributed by atoms with Gasteiger partial charge in [-0.05, 0) is 42.5 Å². The lowest BCUT2D eigenvalue weighted by molar-refractivity contribution is 0.145. The third-order valence-electron chi connectivity index (χ3n) is 3.65. The molecule has 0 atom stereocenters. The van der Waals surface area contributed by atoms with Crippen LogP contribution in [0.2, 0.25) is 0 Å². The van der Waals surface area contributed by atoms with Gasteiger partial charge in [-0.2, -0.15) is 5.10 Å². The summed E-state index contributed by atoms with van der Waals surface area (Å²) in [7, 11) is -3.73. The number of sulfone groups is 1. The van der Waals surface area contributed by atoms with Crippen molar-refractivity contribution in [2.75, 3.05) is 6.26 Å². The molecule has 1 heterocycles. The zero-order valence-corrected chi connectivity index (χ0v) is 15.7. The Kier molecular flexibility index (Phi) is 4.94. The SMILES string of the molecule is CS(=O)(=O)c1ccc(-c2cc(C(F)F)nn2-c2ccc(Br)cc2)cc1F. The van der Waals surface area contributed by atoms with E-state index in [4.69, 9.17) is 0 Å². The van der Waals surface area contributed by atoms with Crippen LogP contribution in [0.3, 0.4) is 0 Å². The van der Waals surface area contributed by atoms with Gasteiger partial charge in [0.25, 0.3) is 6.43 Å². The Balaban J connectivity index is 2.18. The third kappa shape index (κ3) is 3.68. The first-order chi connectivity index (χ1) is 12.2. The minimum absolute atomic E-state index is 0.224. The summed E-state index contributed by atoms with van der Waals surface area (Å²) in [5, 5.41) is 3.90. The summed E-state index contributed by atoms with van der Waals surface area (Å²) in [6, 6.07) is 11.4. The molecule has 0 fully saturated rings. The summed E-state index contributed by atoms with van der Waals surface area (Å²) in [5.74, 6) is -0.952. The standard InChI is InChI=1S/C17H12BrF3N2O2S/c1-26(24,25)16-7-2-10(8-13(16)19)15-9-14(17(20)21)22-23(15)12-5-3-11(18)4-6-12/h2-9,17H,1H3. The number of benzene rings is 2. The van der Waals surface area contributed by atoms with Crippen LogP contribution in [-0.2, 0) is 9.84 Å². The molecule has 0 aliphatic carbocycles. The van der Waals surface area contributed by atoms with E-state index in [-0.39, 0.29) is 11.3 Å². The van der Waals surface area contributed by atoms with E-state index >= 15 is 0 Å². The van der Waals surface area contributed by atoms with Crippen molar-refractivity contribution in [2.45, 2.75) is 11.3 Å². The lowest BCUT2D eigenvalue weighted by atomic mass is 10.1. The molecular weight excluding hydrogens is 433 g/mol. The molecular formula is C17H12BrF3N2O2S. The smallest absolute Gasteiger partial charge is 0.233 e. The molecule has 0 radical (unpaired) electrons. The van der Waals surface area contributed by atoms with Crippen LogP contribution in [0.5, 0.6) is 0 Å². The van der Waals surface area contributed by atoms with Gasteiger partial charge in [-0.25, -0.2) is 26.3 Å². The molecule has 0 amide bonds. The topological polar surface area (TPSA) is 52.0 Å². The maximum Gasteiger partial charge on any atom is 0.282 e. The van der Waals surface area contributed by atoms with Crippen molar-refractivity contribution in [3.63, 3.8) is 0 Å². The van der Waals surface area contributed by atoms with Crippen molar-refractivity contribution in [1.29, 1.82) is 0 Å². The van der Waals surface area contributed by atoms with E-state index in [2.05, 4.69) is 21.0 Å². The maximum absolute atomic E-state index is 14.2. The van der Waals surface area contributed by atoms with E-state index in [1.807, 2.05) is 0 Å². The highest BCUT2D eigenvalue weighted by Crippen LogP contribution is 2.30. The molecule has 0 spiro atoms. The van der Waals surface area contributed by atoms with E-state index in [1.54, 1.807) is 24.3 Å². The van der Waals surface area contributed by atoms with Crippen molar-refractivity contribution in [3.8, 4) is 16.9 Å². The highest BCUT2D eigenvalue weighted by molar-refractivity contribution is 9.10. The monoisotopic (exact) mass is 444 g/mol. The average molecular weight is 445 g/mol. The van der Waals surface area contributed by atoms with Crippen LogP contribution >= 0.6 is 15.9 Å². The molecule has 0 aliphatic rings. The lowest BCUT2D eigenvalue weighted by Crippen LogP contribution is -2.03. The lowest BCUT2D eigenvalue weighted by Gasteiger charge is -2.09. The molecule has 136 valence electrons. The number of hydrogen-bond donors (Lipinski definition) is 0. The van der Waals surface area contributed by atoms with Gasteiger partial charge in [0.05, 0.1) is 11.4 Å². The first-order valence-corrected chi connectivity index (χ1v) is 9.99. The quantitative estimate of drug-likeness (QED) is 0.581. The first kappa shape index (κ1) is 18.7. The van der Waals surface area contributed by atoms with Crippen LogP contribution in [-0.4, -0.2) is 24.5 Å². The van der Waals surface area contributed by atoms with E-state index in [9.17, 15) is 21.6 Å². The molecule has 2 aromatic carbocycles. The summed E-state index contributed by atoms with van der Waals surface area (Å²) in [4.78, 5) is -0.454. The number of rotatable bonds is 4. The Morgan fingerprint density at radius 2 is 1.73 bits per heavy atom. The molecule has 0 N–H and O–H groups in total. The first-order valence-electron chi connectivity index (χ1n) is 7.31.